The first-order valence-corrected chi connectivity index (χ1v) is 8.31. The first kappa shape index (κ1) is 16.5. The fourth-order valence-corrected chi connectivity index (χ4v) is 2.98. The summed E-state index contributed by atoms with van der Waals surface area (Å²) in [6.07, 6.45) is 3.47. The predicted molar refractivity (Wildman–Crippen MR) is 97.4 cm³/mol. The summed E-state index contributed by atoms with van der Waals surface area (Å²) < 4.78 is 0. The van der Waals surface area contributed by atoms with Crippen LogP contribution in [0.15, 0.2) is 42.7 Å². The average molecular weight is 324 g/mol. The van der Waals surface area contributed by atoms with Gasteiger partial charge in [-0.25, -0.2) is 0 Å². The maximum Gasteiger partial charge on any atom is 0.255 e. The van der Waals surface area contributed by atoms with Gasteiger partial charge in [0.25, 0.3) is 5.91 Å². The van der Waals surface area contributed by atoms with Crippen molar-refractivity contribution in [3.05, 3.63) is 48.3 Å². The Balaban J connectivity index is 1.84. The molecule has 2 aromatic rings. The molecule has 5 heteroatoms. The number of aromatic nitrogens is 1. The lowest BCUT2D eigenvalue weighted by Gasteiger charge is -2.34. The van der Waals surface area contributed by atoms with Gasteiger partial charge in [0.1, 0.15) is 0 Å². The highest BCUT2D eigenvalue weighted by molar-refractivity contribution is 5.95. The molecule has 0 aliphatic carbocycles. The Kier molecular flexibility index (Phi) is 4.81. The third-order valence-electron chi connectivity index (χ3n) is 4.46. The van der Waals surface area contributed by atoms with Crippen molar-refractivity contribution in [2.75, 3.05) is 38.6 Å². The minimum Gasteiger partial charge on any atom is -0.378 e. The van der Waals surface area contributed by atoms with E-state index in [0.29, 0.717) is 5.56 Å². The van der Waals surface area contributed by atoms with E-state index in [2.05, 4.69) is 46.4 Å². The van der Waals surface area contributed by atoms with Crippen molar-refractivity contribution in [2.24, 2.45) is 0 Å². The van der Waals surface area contributed by atoms with Crippen LogP contribution in [-0.4, -0.2) is 55.6 Å². The molecule has 1 aliphatic heterocycles. The van der Waals surface area contributed by atoms with Crippen LogP contribution in [0.5, 0.6) is 0 Å². The molecule has 1 atom stereocenters. The molecular formula is C19H24N4O. The standard InChI is InChI=1S/C19H24N4O/c1-14-11-20-8-9-23(14)19(24)17-10-16(12-21-13-17)15-4-6-18(7-5-15)22(2)3/h4-7,10,12-14,20H,8-9,11H2,1-3H3. The lowest BCUT2D eigenvalue weighted by Crippen LogP contribution is -2.52. The van der Waals surface area contributed by atoms with E-state index in [-0.39, 0.29) is 11.9 Å². The zero-order valence-corrected chi connectivity index (χ0v) is 14.5. The summed E-state index contributed by atoms with van der Waals surface area (Å²) in [5, 5.41) is 3.31. The maximum atomic E-state index is 12.8. The van der Waals surface area contributed by atoms with Gasteiger partial charge in [-0.05, 0) is 30.7 Å². The van der Waals surface area contributed by atoms with Crippen molar-refractivity contribution >= 4 is 11.6 Å². The van der Waals surface area contributed by atoms with Gasteiger partial charge in [-0.3, -0.25) is 9.78 Å². The van der Waals surface area contributed by atoms with Gasteiger partial charge < -0.3 is 15.1 Å². The Morgan fingerprint density at radius 1 is 1.21 bits per heavy atom. The molecule has 0 bridgehead atoms. The third-order valence-corrected chi connectivity index (χ3v) is 4.46. The number of carbonyl (C=O) groups is 1. The molecule has 2 heterocycles. The van der Waals surface area contributed by atoms with Gasteiger partial charge in [0.15, 0.2) is 0 Å². The van der Waals surface area contributed by atoms with Gasteiger partial charge >= 0.3 is 0 Å². The molecule has 3 rings (SSSR count). The van der Waals surface area contributed by atoms with Crippen LogP contribution in [-0.2, 0) is 0 Å². The molecule has 1 unspecified atom stereocenters. The summed E-state index contributed by atoms with van der Waals surface area (Å²) in [4.78, 5) is 21.1. The molecular weight excluding hydrogens is 300 g/mol. The number of benzene rings is 1. The molecule has 126 valence electrons. The van der Waals surface area contributed by atoms with Gasteiger partial charge in [-0.2, -0.15) is 0 Å². The van der Waals surface area contributed by atoms with Crippen molar-refractivity contribution < 1.29 is 4.79 Å². The Labute approximate surface area is 143 Å². The minimum atomic E-state index is 0.0586. The number of pyridine rings is 1. The highest BCUT2D eigenvalue weighted by atomic mass is 16.2. The lowest BCUT2D eigenvalue weighted by atomic mass is 10.0. The van der Waals surface area contributed by atoms with E-state index in [1.807, 2.05) is 31.3 Å². The zero-order valence-electron chi connectivity index (χ0n) is 14.5. The first-order chi connectivity index (χ1) is 11.6. The molecule has 0 radical (unpaired) electrons. The third kappa shape index (κ3) is 3.41. The number of nitrogens with zero attached hydrogens (tertiary/aromatic N) is 3. The smallest absolute Gasteiger partial charge is 0.255 e. The fourth-order valence-electron chi connectivity index (χ4n) is 2.98. The molecule has 1 N–H and O–H groups in total. The molecule has 0 spiro atoms. The first-order valence-electron chi connectivity index (χ1n) is 8.31. The Morgan fingerprint density at radius 3 is 2.62 bits per heavy atom. The van der Waals surface area contributed by atoms with Crippen molar-refractivity contribution in [1.82, 2.24) is 15.2 Å². The van der Waals surface area contributed by atoms with Gasteiger partial charge in [0.05, 0.1) is 5.56 Å². The average Bonchev–Trinajstić information content (AvgIpc) is 2.62. The fraction of sp³-hybridized carbons (Fsp3) is 0.368. The molecule has 1 fully saturated rings. The number of anilines is 1. The van der Waals surface area contributed by atoms with Crippen molar-refractivity contribution in [1.29, 1.82) is 0 Å². The SMILES string of the molecule is CC1CNCCN1C(=O)c1cncc(-c2ccc(N(C)C)cc2)c1. The van der Waals surface area contributed by atoms with Crippen LogP contribution in [0.3, 0.4) is 0 Å². The summed E-state index contributed by atoms with van der Waals surface area (Å²) in [5.74, 6) is 0.0586. The predicted octanol–water partition coefficient (Wildman–Crippen LogP) is 2.25. The number of carbonyl (C=O) groups excluding carboxylic acids is 1. The normalized spacial score (nSPS) is 17.6. The number of hydrogen-bond acceptors (Lipinski definition) is 4. The summed E-state index contributed by atoms with van der Waals surface area (Å²) in [6, 6.07) is 10.4. The Morgan fingerprint density at radius 2 is 1.96 bits per heavy atom. The highest BCUT2D eigenvalue weighted by Crippen LogP contribution is 2.23. The highest BCUT2D eigenvalue weighted by Gasteiger charge is 2.24. The van der Waals surface area contributed by atoms with Crippen LogP contribution in [0.4, 0.5) is 5.69 Å². The van der Waals surface area contributed by atoms with Gasteiger partial charge in [0, 0.05) is 63.4 Å². The van der Waals surface area contributed by atoms with Crippen LogP contribution < -0.4 is 10.2 Å². The lowest BCUT2D eigenvalue weighted by molar-refractivity contribution is 0.0655. The van der Waals surface area contributed by atoms with Crippen LogP contribution >= 0.6 is 0 Å². The second-order valence-electron chi connectivity index (χ2n) is 6.46. The van der Waals surface area contributed by atoms with Gasteiger partial charge in [-0.1, -0.05) is 12.1 Å². The summed E-state index contributed by atoms with van der Waals surface area (Å²) in [5.41, 5.74) is 3.83. The van der Waals surface area contributed by atoms with E-state index in [9.17, 15) is 4.79 Å². The topological polar surface area (TPSA) is 48.5 Å². The zero-order chi connectivity index (χ0) is 17.1. The van der Waals surface area contributed by atoms with Crippen LogP contribution in [0.1, 0.15) is 17.3 Å². The van der Waals surface area contributed by atoms with Gasteiger partial charge in [0.2, 0.25) is 0 Å². The molecule has 1 amide bonds. The Hall–Kier alpha value is -2.40. The van der Waals surface area contributed by atoms with E-state index in [1.54, 1.807) is 6.20 Å². The maximum absolute atomic E-state index is 12.8. The van der Waals surface area contributed by atoms with E-state index < -0.39 is 0 Å². The van der Waals surface area contributed by atoms with Crippen molar-refractivity contribution in [2.45, 2.75) is 13.0 Å². The minimum absolute atomic E-state index is 0.0586. The van der Waals surface area contributed by atoms with E-state index >= 15 is 0 Å². The van der Waals surface area contributed by atoms with E-state index in [0.717, 1.165) is 36.4 Å². The van der Waals surface area contributed by atoms with Gasteiger partial charge in [-0.15, -0.1) is 0 Å². The van der Waals surface area contributed by atoms with E-state index in [1.165, 1.54) is 0 Å². The summed E-state index contributed by atoms with van der Waals surface area (Å²) in [7, 11) is 4.04. The molecule has 1 aromatic heterocycles. The largest absolute Gasteiger partial charge is 0.378 e. The monoisotopic (exact) mass is 324 g/mol. The molecule has 24 heavy (non-hydrogen) atoms. The van der Waals surface area contributed by atoms with Crippen LogP contribution in [0, 0.1) is 0 Å². The number of amides is 1. The number of rotatable bonds is 3. The number of piperazine rings is 1. The molecule has 0 saturated carbocycles. The summed E-state index contributed by atoms with van der Waals surface area (Å²) >= 11 is 0. The molecule has 1 aliphatic rings. The quantitative estimate of drug-likeness (QED) is 0.941. The van der Waals surface area contributed by atoms with Crippen LogP contribution in [0.25, 0.3) is 11.1 Å². The van der Waals surface area contributed by atoms with Crippen molar-refractivity contribution in [3.63, 3.8) is 0 Å². The molecule has 1 saturated heterocycles. The van der Waals surface area contributed by atoms with E-state index in [4.69, 9.17) is 0 Å². The van der Waals surface area contributed by atoms with Crippen LogP contribution in [0.2, 0.25) is 0 Å². The summed E-state index contributed by atoms with van der Waals surface area (Å²) in [6.45, 7) is 4.49. The van der Waals surface area contributed by atoms with Crippen molar-refractivity contribution in [3.8, 4) is 11.1 Å². The second-order valence-corrected chi connectivity index (χ2v) is 6.46. The second kappa shape index (κ2) is 7.01. The number of nitrogens with one attached hydrogen (secondary N) is 1. The number of hydrogen-bond donors (Lipinski definition) is 1. The molecule has 1 aromatic carbocycles. The molecule has 5 nitrogen and oxygen atoms in total. The Bertz CT molecular complexity index is 712.